The van der Waals surface area contributed by atoms with Gasteiger partial charge in [-0.15, -0.1) is 0 Å². The average Bonchev–Trinajstić information content (AvgIpc) is 2.59. The Morgan fingerprint density at radius 3 is 1.12 bits per heavy atom. The third-order valence-electron chi connectivity index (χ3n) is 5.90. The normalized spacial score (nSPS) is 26.4. The van der Waals surface area contributed by atoms with Crippen molar-refractivity contribution in [2.45, 2.75) is 128 Å². The highest BCUT2D eigenvalue weighted by Crippen LogP contribution is 2.40. The topological polar surface area (TPSA) is 0 Å². The first-order valence-corrected chi connectivity index (χ1v) is 12.6. The van der Waals surface area contributed by atoms with Crippen LogP contribution in [0, 0.1) is 0 Å². The third kappa shape index (κ3) is 11.3. The summed E-state index contributed by atoms with van der Waals surface area (Å²) in [7, 11) is 1.02. The maximum Gasteiger partial charge on any atom is -0.0277 e. The van der Waals surface area contributed by atoms with Gasteiger partial charge in [0, 0.05) is 0 Å². The van der Waals surface area contributed by atoms with Gasteiger partial charge in [-0.1, -0.05) is 97.8 Å². The highest BCUT2D eigenvalue weighted by atomic mass is 31.1. The zero-order valence-electron chi connectivity index (χ0n) is 16.8. The molecule has 1 unspecified atom stereocenters. The van der Waals surface area contributed by atoms with Crippen LogP contribution >= 0.6 is 8.58 Å². The second-order valence-electron chi connectivity index (χ2n) is 8.32. The predicted molar refractivity (Wildman–Crippen MR) is 117 cm³/mol. The van der Waals surface area contributed by atoms with Crippen molar-refractivity contribution < 1.29 is 0 Å². The van der Waals surface area contributed by atoms with Crippen molar-refractivity contribution in [2.24, 2.45) is 0 Å². The van der Waals surface area contributed by atoms with Gasteiger partial charge in [-0.05, 0) is 62.0 Å². The molecule has 0 bridgehead atoms. The molecule has 0 aromatic heterocycles. The SMILES string of the molecule is C1=C(P/C2=C\CCCCCCCCCC2)CCCCCCCCCC1. The quantitative estimate of drug-likeness (QED) is 0.429. The van der Waals surface area contributed by atoms with E-state index in [0.29, 0.717) is 0 Å². The third-order valence-corrected chi connectivity index (χ3v) is 7.45. The lowest BCUT2D eigenvalue weighted by atomic mass is 10.0. The fourth-order valence-electron chi connectivity index (χ4n) is 4.23. The summed E-state index contributed by atoms with van der Waals surface area (Å²) in [4.78, 5) is 0. The van der Waals surface area contributed by atoms with E-state index >= 15 is 0 Å². The van der Waals surface area contributed by atoms with Gasteiger partial charge < -0.3 is 0 Å². The Morgan fingerprint density at radius 2 is 0.720 bits per heavy atom. The van der Waals surface area contributed by atoms with Crippen molar-refractivity contribution in [3.63, 3.8) is 0 Å². The standard InChI is InChI=1S/C24H43P/c1-3-7-11-15-19-23(20-16-12-8-4-1)25-24-21-17-13-9-5-2-6-10-14-18-22-24/h19,21,25H,1-18,20,22H2/b23-19-,24-21?. The van der Waals surface area contributed by atoms with Gasteiger partial charge in [0.05, 0.1) is 0 Å². The maximum absolute atomic E-state index is 2.65. The zero-order valence-corrected chi connectivity index (χ0v) is 17.8. The highest BCUT2D eigenvalue weighted by molar-refractivity contribution is 7.47. The monoisotopic (exact) mass is 362 g/mol. The minimum Gasteiger partial charge on any atom is -0.0808 e. The molecular weight excluding hydrogens is 319 g/mol. The summed E-state index contributed by atoms with van der Waals surface area (Å²) in [6.07, 6.45) is 34.1. The predicted octanol–water partition coefficient (Wildman–Crippen LogP) is 9.26. The second kappa shape index (κ2) is 15.0. The number of rotatable bonds is 2. The van der Waals surface area contributed by atoms with Gasteiger partial charge in [0.2, 0.25) is 0 Å². The minimum absolute atomic E-state index is 1.02. The first-order chi connectivity index (χ1) is 12.4. The van der Waals surface area contributed by atoms with E-state index in [4.69, 9.17) is 0 Å². The van der Waals surface area contributed by atoms with E-state index in [1.165, 1.54) is 128 Å². The summed E-state index contributed by atoms with van der Waals surface area (Å²) in [5.74, 6) is 0. The Kier molecular flexibility index (Phi) is 12.7. The molecule has 0 aromatic carbocycles. The Labute approximate surface area is 160 Å². The van der Waals surface area contributed by atoms with E-state index < -0.39 is 0 Å². The highest BCUT2D eigenvalue weighted by Gasteiger charge is 2.06. The second-order valence-corrected chi connectivity index (χ2v) is 9.85. The van der Waals surface area contributed by atoms with Crippen LogP contribution in [0.4, 0.5) is 0 Å². The smallest absolute Gasteiger partial charge is 0.0277 e. The molecule has 1 heteroatoms. The molecule has 0 saturated heterocycles. The Hall–Kier alpha value is -0.0900. The van der Waals surface area contributed by atoms with Crippen LogP contribution in [-0.2, 0) is 0 Å². The van der Waals surface area contributed by atoms with Crippen molar-refractivity contribution in [1.29, 1.82) is 0 Å². The lowest BCUT2D eigenvalue weighted by molar-refractivity contribution is 0.564. The van der Waals surface area contributed by atoms with Crippen LogP contribution in [0.1, 0.15) is 128 Å². The van der Waals surface area contributed by atoms with E-state index in [2.05, 4.69) is 12.2 Å². The summed E-state index contributed by atoms with van der Waals surface area (Å²) in [5, 5.41) is 3.61. The van der Waals surface area contributed by atoms with Gasteiger partial charge >= 0.3 is 0 Å². The summed E-state index contributed by atoms with van der Waals surface area (Å²) in [6, 6.07) is 0. The van der Waals surface area contributed by atoms with E-state index in [1.54, 1.807) is 10.6 Å². The molecule has 2 aliphatic carbocycles. The van der Waals surface area contributed by atoms with Crippen molar-refractivity contribution in [1.82, 2.24) is 0 Å². The molecule has 0 saturated carbocycles. The van der Waals surface area contributed by atoms with Crippen molar-refractivity contribution >= 4 is 8.58 Å². The molecule has 25 heavy (non-hydrogen) atoms. The molecule has 0 spiro atoms. The summed E-state index contributed by atoms with van der Waals surface area (Å²) in [5.41, 5.74) is 0. The van der Waals surface area contributed by atoms with Gasteiger partial charge in [0.1, 0.15) is 0 Å². The van der Waals surface area contributed by atoms with Crippen LogP contribution in [0.2, 0.25) is 0 Å². The number of hydrogen-bond acceptors (Lipinski definition) is 0. The zero-order chi connectivity index (χ0) is 17.4. The summed E-state index contributed by atoms with van der Waals surface area (Å²) >= 11 is 0. The molecular formula is C24H43P. The Balaban J connectivity index is 1.87. The number of allylic oxidation sites excluding steroid dienone is 4. The first kappa shape index (κ1) is 21.2. The first-order valence-electron chi connectivity index (χ1n) is 11.6. The van der Waals surface area contributed by atoms with Gasteiger partial charge in [0.25, 0.3) is 0 Å². The molecule has 0 radical (unpaired) electrons. The molecule has 0 amide bonds. The van der Waals surface area contributed by atoms with E-state index in [1.807, 2.05) is 0 Å². The van der Waals surface area contributed by atoms with Crippen LogP contribution in [0.5, 0.6) is 0 Å². The molecule has 0 heterocycles. The van der Waals surface area contributed by atoms with Crippen LogP contribution in [-0.4, -0.2) is 0 Å². The molecule has 0 nitrogen and oxygen atoms in total. The molecule has 0 N–H and O–H groups in total. The molecule has 2 rings (SSSR count). The van der Waals surface area contributed by atoms with Crippen LogP contribution in [0.15, 0.2) is 22.8 Å². The molecule has 0 aliphatic heterocycles. The summed E-state index contributed by atoms with van der Waals surface area (Å²) < 4.78 is 0. The van der Waals surface area contributed by atoms with Crippen LogP contribution < -0.4 is 0 Å². The largest absolute Gasteiger partial charge is 0.0808 e. The maximum atomic E-state index is 2.65. The van der Waals surface area contributed by atoms with Crippen LogP contribution in [0.25, 0.3) is 0 Å². The van der Waals surface area contributed by atoms with Gasteiger partial charge in [0.15, 0.2) is 0 Å². The molecule has 0 fully saturated rings. The fourth-order valence-corrected chi connectivity index (χ4v) is 5.74. The van der Waals surface area contributed by atoms with Gasteiger partial charge in [-0.3, -0.25) is 0 Å². The Bertz CT molecular complexity index is 344. The van der Waals surface area contributed by atoms with Crippen molar-refractivity contribution in [2.75, 3.05) is 0 Å². The van der Waals surface area contributed by atoms with Gasteiger partial charge in [-0.2, -0.15) is 0 Å². The van der Waals surface area contributed by atoms with Crippen molar-refractivity contribution in [3.8, 4) is 0 Å². The van der Waals surface area contributed by atoms with Crippen molar-refractivity contribution in [3.05, 3.63) is 22.8 Å². The lowest BCUT2D eigenvalue weighted by Crippen LogP contribution is -1.88. The van der Waals surface area contributed by atoms with Gasteiger partial charge in [-0.25, -0.2) is 0 Å². The fraction of sp³-hybridized carbons (Fsp3) is 0.833. The van der Waals surface area contributed by atoms with Crippen LogP contribution in [0.3, 0.4) is 0 Å². The number of hydrogen-bond donors (Lipinski definition) is 0. The molecule has 144 valence electrons. The molecule has 0 aromatic rings. The minimum atomic E-state index is 1.02. The lowest BCUT2D eigenvalue weighted by Gasteiger charge is -2.14. The molecule has 2 aliphatic rings. The average molecular weight is 363 g/mol. The van der Waals surface area contributed by atoms with E-state index in [-0.39, 0.29) is 0 Å². The summed E-state index contributed by atoms with van der Waals surface area (Å²) in [6.45, 7) is 0. The van der Waals surface area contributed by atoms with E-state index in [9.17, 15) is 0 Å². The molecule has 1 atom stereocenters. The Morgan fingerprint density at radius 1 is 0.400 bits per heavy atom. The van der Waals surface area contributed by atoms with E-state index in [0.717, 1.165) is 8.58 Å².